The van der Waals surface area contributed by atoms with Crippen LogP contribution in [-0.4, -0.2) is 17.7 Å². The van der Waals surface area contributed by atoms with Gasteiger partial charge in [-0.15, -0.1) is 0 Å². The van der Waals surface area contributed by atoms with Gasteiger partial charge in [0.15, 0.2) is 0 Å². The Hall–Kier alpha value is -1.02. The van der Waals surface area contributed by atoms with E-state index in [0.717, 1.165) is 24.8 Å². The van der Waals surface area contributed by atoms with E-state index in [1.807, 2.05) is 12.1 Å². The van der Waals surface area contributed by atoms with Gasteiger partial charge in [-0.25, -0.2) is 0 Å². The minimum absolute atomic E-state index is 0.496. The van der Waals surface area contributed by atoms with Gasteiger partial charge in [-0.2, -0.15) is 0 Å². The van der Waals surface area contributed by atoms with Crippen LogP contribution in [0.1, 0.15) is 30.4 Å². The van der Waals surface area contributed by atoms with Crippen LogP contribution in [0.2, 0.25) is 0 Å². The van der Waals surface area contributed by atoms with Crippen LogP contribution in [0.15, 0.2) is 18.2 Å². The molecule has 1 saturated heterocycles. The maximum atomic E-state index is 9.79. The van der Waals surface area contributed by atoms with Crippen LogP contribution in [0.3, 0.4) is 0 Å². The standard InChI is InChI=1S/C14H19NO/c16-14-5-1-3-10-9-11(6-7-12(10)14)13-4-2-8-15-13/h1,3,5,11,13,15-16H,2,4,6-9H2. The summed E-state index contributed by atoms with van der Waals surface area (Å²) >= 11 is 0. The van der Waals surface area contributed by atoms with E-state index >= 15 is 0 Å². The molecule has 0 radical (unpaired) electrons. The first kappa shape index (κ1) is 10.2. The van der Waals surface area contributed by atoms with Gasteiger partial charge >= 0.3 is 0 Å². The van der Waals surface area contributed by atoms with Crippen molar-refractivity contribution >= 4 is 0 Å². The van der Waals surface area contributed by atoms with E-state index in [0.29, 0.717) is 5.75 Å². The highest BCUT2D eigenvalue weighted by atomic mass is 16.3. The smallest absolute Gasteiger partial charge is 0.119 e. The van der Waals surface area contributed by atoms with Gasteiger partial charge in [-0.3, -0.25) is 0 Å². The maximum absolute atomic E-state index is 9.79. The van der Waals surface area contributed by atoms with E-state index in [1.54, 1.807) is 0 Å². The van der Waals surface area contributed by atoms with Crippen LogP contribution in [0, 0.1) is 5.92 Å². The highest BCUT2D eigenvalue weighted by molar-refractivity contribution is 5.41. The van der Waals surface area contributed by atoms with E-state index < -0.39 is 0 Å². The predicted octanol–water partition coefficient (Wildman–Crippen LogP) is 2.25. The van der Waals surface area contributed by atoms with Crippen molar-refractivity contribution < 1.29 is 5.11 Å². The molecule has 2 aliphatic rings. The van der Waals surface area contributed by atoms with Crippen LogP contribution >= 0.6 is 0 Å². The summed E-state index contributed by atoms with van der Waals surface area (Å²) in [5.41, 5.74) is 2.56. The molecule has 1 aromatic carbocycles. The molecule has 1 aliphatic heterocycles. The van der Waals surface area contributed by atoms with Gasteiger partial charge in [0, 0.05) is 6.04 Å². The Kier molecular flexibility index (Phi) is 2.60. The molecule has 0 spiro atoms. The van der Waals surface area contributed by atoms with Gasteiger partial charge in [-0.1, -0.05) is 12.1 Å². The molecule has 0 bridgehead atoms. The number of benzene rings is 1. The summed E-state index contributed by atoms with van der Waals surface area (Å²) in [4.78, 5) is 0. The van der Waals surface area contributed by atoms with E-state index in [-0.39, 0.29) is 0 Å². The molecule has 1 fully saturated rings. The Morgan fingerprint density at radius 1 is 1.25 bits per heavy atom. The molecule has 0 amide bonds. The number of hydrogen-bond donors (Lipinski definition) is 2. The lowest BCUT2D eigenvalue weighted by Crippen LogP contribution is -2.34. The van der Waals surface area contributed by atoms with E-state index in [1.165, 1.54) is 36.9 Å². The van der Waals surface area contributed by atoms with Crippen LogP contribution in [0.4, 0.5) is 0 Å². The summed E-state index contributed by atoms with van der Waals surface area (Å²) in [6.07, 6.45) is 6.07. The fraction of sp³-hybridized carbons (Fsp3) is 0.571. The second-order valence-electron chi connectivity index (χ2n) is 5.12. The summed E-state index contributed by atoms with van der Waals surface area (Å²) in [6, 6.07) is 6.68. The zero-order valence-electron chi connectivity index (χ0n) is 9.58. The van der Waals surface area contributed by atoms with E-state index in [9.17, 15) is 5.11 Å². The molecule has 2 unspecified atom stereocenters. The Morgan fingerprint density at radius 3 is 3.00 bits per heavy atom. The Bertz CT molecular complexity index is 382. The van der Waals surface area contributed by atoms with Crippen LogP contribution in [-0.2, 0) is 12.8 Å². The largest absolute Gasteiger partial charge is 0.508 e. The first-order valence-corrected chi connectivity index (χ1v) is 6.38. The Balaban J connectivity index is 1.80. The summed E-state index contributed by atoms with van der Waals surface area (Å²) in [7, 11) is 0. The van der Waals surface area contributed by atoms with Crippen molar-refractivity contribution in [2.45, 2.75) is 38.1 Å². The molecule has 2 nitrogen and oxygen atoms in total. The number of phenols is 1. The van der Waals surface area contributed by atoms with E-state index in [2.05, 4.69) is 11.4 Å². The molecule has 86 valence electrons. The highest BCUT2D eigenvalue weighted by Crippen LogP contribution is 2.34. The maximum Gasteiger partial charge on any atom is 0.119 e. The average molecular weight is 217 g/mol. The van der Waals surface area contributed by atoms with Gasteiger partial charge in [0.1, 0.15) is 5.75 Å². The number of aromatic hydroxyl groups is 1. The molecular weight excluding hydrogens is 198 g/mol. The van der Waals surface area contributed by atoms with Crippen LogP contribution < -0.4 is 5.32 Å². The first-order chi connectivity index (χ1) is 7.84. The summed E-state index contributed by atoms with van der Waals surface area (Å²) < 4.78 is 0. The molecular formula is C14H19NO. The second kappa shape index (κ2) is 4.10. The second-order valence-corrected chi connectivity index (χ2v) is 5.12. The minimum Gasteiger partial charge on any atom is -0.508 e. The Labute approximate surface area is 96.7 Å². The van der Waals surface area contributed by atoms with E-state index in [4.69, 9.17) is 0 Å². The number of rotatable bonds is 1. The molecule has 0 aromatic heterocycles. The normalized spacial score (nSPS) is 29.0. The monoisotopic (exact) mass is 217 g/mol. The minimum atomic E-state index is 0.496. The average Bonchev–Trinajstić information content (AvgIpc) is 2.82. The predicted molar refractivity (Wildman–Crippen MR) is 64.6 cm³/mol. The van der Waals surface area contributed by atoms with Gasteiger partial charge < -0.3 is 10.4 Å². The van der Waals surface area contributed by atoms with Crippen molar-refractivity contribution in [2.75, 3.05) is 6.54 Å². The zero-order chi connectivity index (χ0) is 11.0. The molecule has 1 aromatic rings. The van der Waals surface area contributed by atoms with Gasteiger partial charge in [0.25, 0.3) is 0 Å². The van der Waals surface area contributed by atoms with Crippen molar-refractivity contribution in [2.24, 2.45) is 5.92 Å². The van der Waals surface area contributed by atoms with Gasteiger partial charge in [-0.05, 0) is 61.8 Å². The van der Waals surface area contributed by atoms with Gasteiger partial charge in [0.05, 0.1) is 0 Å². The lowest BCUT2D eigenvalue weighted by atomic mass is 9.79. The van der Waals surface area contributed by atoms with Crippen molar-refractivity contribution in [3.8, 4) is 5.75 Å². The molecule has 1 aliphatic carbocycles. The fourth-order valence-electron chi connectivity index (χ4n) is 3.27. The number of phenolic OH excluding ortho intramolecular Hbond substituents is 1. The fourth-order valence-corrected chi connectivity index (χ4v) is 3.27. The van der Waals surface area contributed by atoms with Crippen LogP contribution in [0.25, 0.3) is 0 Å². The van der Waals surface area contributed by atoms with Crippen molar-refractivity contribution in [1.29, 1.82) is 0 Å². The van der Waals surface area contributed by atoms with Crippen molar-refractivity contribution in [3.05, 3.63) is 29.3 Å². The number of fused-ring (bicyclic) bond motifs is 1. The SMILES string of the molecule is Oc1cccc2c1CCC(C1CCCN1)C2. The lowest BCUT2D eigenvalue weighted by Gasteiger charge is -2.29. The number of nitrogens with one attached hydrogen (secondary N) is 1. The molecule has 0 saturated carbocycles. The third-order valence-corrected chi connectivity index (χ3v) is 4.16. The topological polar surface area (TPSA) is 32.3 Å². The lowest BCUT2D eigenvalue weighted by molar-refractivity contribution is 0.344. The molecule has 16 heavy (non-hydrogen) atoms. The molecule has 2 heteroatoms. The summed E-state index contributed by atoms with van der Waals surface area (Å²) in [5, 5.41) is 13.4. The first-order valence-electron chi connectivity index (χ1n) is 6.38. The highest BCUT2D eigenvalue weighted by Gasteiger charge is 2.28. The molecule has 2 atom stereocenters. The summed E-state index contributed by atoms with van der Waals surface area (Å²) in [6.45, 7) is 1.19. The zero-order valence-corrected chi connectivity index (χ0v) is 9.58. The third kappa shape index (κ3) is 1.71. The number of hydrogen-bond acceptors (Lipinski definition) is 2. The molecule has 3 rings (SSSR count). The quantitative estimate of drug-likeness (QED) is 0.756. The molecule has 2 N–H and O–H groups in total. The van der Waals surface area contributed by atoms with Gasteiger partial charge in [0.2, 0.25) is 0 Å². The summed E-state index contributed by atoms with van der Waals surface area (Å²) in [5.74, 6) is 1.27. The third-order valence-electron chi connectivity index (χ3n) is 4.16. The molecule has 1 heterocycles. The van der Waals surface area contributed by atoms with Crippen molar-refractivity contribution in [3.63, 3.8) is 0 Å². The Morgan fingerprint density at radius 2 is 2.19 bits per heavy atom. The van der Waals surface area contributed by atoms with Crippen LogP contribution in [0.5, 0.6) is 5.75 Å². The van der Waals surface area contributed by atoms with Crippen molar-refractivity contribution in [1.82, 2.24) is 5.32 Å².